The van der Waals surface area contributed by atoms with Gasteiger partial charge in [0.15, 0.2) is 0 Å². The third-order valence-corrected chi connectivity index (χ3v) is 7.39. The van der Waals surface area contributed by atoms with Crippen molar-refractivity contribution in [2.75, 3.05) is 19.6 Å². The molecule has 136 valence electrons. The molecule has 1 heterocycles. The monoisotopic (exact) mass is 337 g/mol. The van der Waals surface area contributed by atoms with Crippen molar-refractivity contribution < 1.29 is 0 Å². The van der Waals surface area contributed by atoms with E-state index in [9.17, 15) is 0 Å². The number of nitrogens with zero attached hydrogens (tertiary/aromatic N) is 1. The number of benzene rings is 1. The highest BCUT2D eigenvalue weighted by Gasteiger charge is 2.51. The van der Waals surface area contributed by atoms with E-state index in [1.54, 1.807) is 22.3 Å². The van der Waals surface area contributed by atoms with Crippen LogP contribution in [0, 0.1) is 11.8 Å². The molecule has 1 nitrogen and oxygen atoms in total. The van der Waals surface area contributed by atoms with Crippen molar-refractivity contribution >= 4 is 0 Å². The Balaban J connectivity index is 1.42. The molecule has 0 unspecified atom stereocenters. The van der Waals surface area contributed by atoms with Crippen molar-refractivity contribution in [3.05, 3.63) is 46.5 Å². The van der Waals surface area contributed by atoms with Crippen LogP contribution < -0.4 is 0 Å². The number of rotatable bonds is 7. The van der Waals surface area contributed by atoms with Crippen LogP contribution in [-0.4, -0.2) is 24.5 Å². The van der Waals surface area contributed by atoms with Crippen molar-refractivity contribution in [1.82, 2.24) is 4.90 Å². The Bertz CT molecular complexity index is 596. The zero-order valence-electron chi connectivity index (χ0n) is 16.4. The molecule has 5 rings (SSSR count). The summed E-state index contributed by atoms with van der Waals surface area (Å²) in [6, 6.07) is 9.32. The number of likely N-dealkylation sites (tertiary alicyclic amines) is 1. The van der Waals surface area contributed by atoms with Gasteiger partial charge in [-0.25, -0.2) is 0 Å². The smallest absolute Gasteiger partial charge is 0.00950 e. The highest BCUT2D eigenvalue weighted by molar-refractivity contribution is 5.52. The van der Waals surface area contributed by atoms with Crippen molar-refractivity contribution in [3.63, 3.8) is 0 Å². The van der Waals surface area contributed by atoms with E-state index >= 15 is 0 Å². The van der Waals surface area contributed by atoms with Crippen LogP contribution >= 0.6 is 0 Å². The molecule has 1 aromatic rings. The van der Waals surface area contributed by atoms with E-state index in [4.69, 9.17) is 0 Å². The maximum absolute atomic E-state index is 2.80. The van der Waals surface area contributed by atoms with E-state index in [-0.39, 0.29) is 0 Å². The van der Waals surface area contributed by atoms with Gasteiger partial charge in [0, 0.05) is 24.9 Å². The fourth-order valence-corrected chi connectivity index (χ4v) is 6.08. The lowest BCUT2D eigenvalue weighted by atomic mass is 9.56. The maximum Gasteiger partial charge on any atom is 0.00950 e. The zero-order chi connectivity index (χ0) is 17.4. The summed E-state index contributed by atoms with van der Waals surface area (Å²) in [7, 11) is 0. The van der Waals surface area contributed by atoms with E-state index in [0.29, 0.717) is 11.8 Å². The van der Waals surface area contributed by atoms with E-state index in [1.165, 1.54) is 58.2 Å². The lowest BCUT2D eigenvalue weighted by Crippen LogP contribution is -2.38. The fourth-order valence-electron chi connectivity index (χ4n) is 6.08. The quantitative estimate of drug-likeness (QED) is 0.427. The molecule has 3 aliphatic carbocycles. The van der Waals surface area contributed by atoms with E-state index in [0.717, 1.165) is 11.8 Å². The maximum atomic E-state index is 2.80. The SMILES string of the molecule is CCCCCCCCN1C[C@@H]2[C@H](C1)[C@H]1C(C)=C(C)[C@@H]2c2ccccc21. The molecule has 2 bridgehead atoms. The first-order valence-corrected chi connectivity index (χ1v) is 10.7. The van der Waals surface area contributed by atoms with Gasteiger partial charge in [-0.05, 0) is 49.8 Å². The Hall–Kier alpha value is -1.08. The van der Waals surface area contributed by atoms with Gasteiger partial charge in [-0.3, -0.25) is 0 Å². The van der Waals surface area contributed by atoms with Crippen LogP contribution in [-0.2, 0) is 0 Å². The predicted molar refractivity (Wildman–Crippen MR) is 107 cm³/mol. The molecular weight excluding hydrogens is 302 g/mol. The fraction of sp³-hybridized carbons (Fsp3) is 0.667. The van der Waals surface area contributed by atoms with Crippen molar-refractivity contribution in [2.45, 2.75) is 71.1 Å². The van der Waals surface area contributed by atoms with Crippen molar-refractivity contribution in [2.24, 2.45) is 11.8 Å². The summed E-state index contributed by atoms with van der Waals surface area (Å²) in [4.78, 5) is 2.80. The largest absolute Gasteiger partial charge is 0.303 e. The summed E-state index contributed by atoms with van der Waals surface area (Å²) in [5.74, 6) is 3.12. The molecular formula is C24H35N. The molecule has 1 aromatic carbocycles. The van der Waals surface area contributed by atoms with E-state index in [1.807, 2.05) is 0 Å². The second kappa shape index (κ2) is 7.27. The standard InChI is InChI=1S/C24H35N/c1-4-5-6-7-8-11-14-25-15-21-22(16-25)24-18(3)17(2)23(21)19-12-9-10-13-20(19)24/h9-10,12-13,21-24H,4-8,11,14-16H2,1-3H3/t21-,22+,23-,24+. The van der Waals surface area contributed by atoms with Crippen LogP contribution in [0.2, 0.25) is 0 Å². The second-order valence-electron chi connectivity index (χ2n) is 8.81. The third kappa shape index (κ3) is 2.99. The van der Waals surface area contributed by atoms with Crippen LogP contribution in [0.5, 0.6) is 0 Å². The normalized spacial score (nSPS) is 30.7. The highest BCUT2D eigenvalue weighted by Crippen LogP contribution is 2.59. The van der Waals surface area contributed by atoms with E-state index < -0.39 is 0 Å². The topological polar surface area (TPSA) is 3.24 Å². The molecule has 0 aromatic heterocycles. The van der Waals surface area contributed by atoms with Gasteiger partial charge in [-0.1, -0.05) is 74.4 Å². The summed E-state index contributed by atoms with van der Waals surface area (Å²) in [5.41, 5.74) is 6.68. The minimum atomic E-state index is 0.695. The van der Waals surface area contributed by atoms with Crippen LogP contribution in [0.25, 0.3) is 0 Å². The van der Waals surface area contributed by atoms with Gasteiger partial charge in [0.1, 0.15) is 0 Å². The van der Waals surface area contributed by atoms with Crippen LogP contribution in [0.15, 0.2) is 35.4 Å². The molecule has 1 heteroatoms. The van der Waals surface area contributed by atoms with Crippen LogP contribution in [0.3, 0.4) is 0 Å². The molecule has 4 atom stereocenters. The number of hydrogen-bond donors (Lipinski definition) is 0. The zero-order valence-corrected chi connectivity index (χ0v) is 16.4. The predicted octanol–water partition coefficient (Wildman–Crippen LogP) is 6.13. The molecule has 0 saturated carbocycles. The third-order valence-electron chi connectivity index (χ3n) is 7.39. The lowest BCUT2D eigenvalue weighted by Gasteiger charge is -2.48. The van der Waals surface area contributed by atoms with E-state index in [2.05, 4.69) is 49.9 Å². The minimum Gasteiger partial charge on any atom is -0.303 e. The number of unbranched alkanes of at least 4 members (excludes halogenated alkanes) is 5. The molecule has 25 heavy (non-hydrogen) atoms. The molecule has 1 saturated heterocycles. The summed E-state index contributed by atoms with van der Waals surface area (Å²) < 4.78 is 0. The number of allylic oxidation sites excluding steroid dienone is 2. The molecule has 1 fully saturated rings. The van der Waals surface area contributed by atoms with Gasteiger partial charge in [0.05, 0.1) is 0 Å². The molecule has 0 spiro atoms. The Morgan fingerprint density at radius 3 is 1.88 bits per heavy atom. The highest BCUT2D eigenvalue weighted by atomic mass is 15.2. The summed E-state index contributed by atoms with van der Waals surface area (Å²) in [6.45, 7) is 11.1. The first-order chi connectivity index (χ1) is 12.2. The van der Waals surface area contributed by atoms with Gasteiger partial charge >= 0.3 is 0 Å². The first-order valence-electron chi connectivity index (χ1n) is 10.7. The van der Waals surface area contributed by atoms with Crippen molar-refractivity contribution in [1.29, 1.82) is 0 Å². The average molecular weight is 338 g/mol. The van der Waals surface area contributed by atoms with Gasteiger partial charge in [-0.2, -0.15) is 0 Å². The van der Waals surface area contributed by atoms with Crippen LogP contribution in [0.1, 0.15) is 82.3 Å². The summed E-state index contributed by atoms with van der Waals surface area (Å²) >= 11 is 0. The first kappa shape index (κ1) is 17.3. The second-order valence-corrected chi connectivity index (χ2v) is 8.81. The van der Waals surface area contributed by atoms with Gasteiger partial charge in [0.2, 0.25) is 0 Å². The van der Waals surface area contributed by atoms with Crippen LogP contribution in [0.4, 0.5) is 0 Å². The van der Waals surface area contributed by atoms with Gasteiger partial charge in [0.25, 0.3) is 0 Å². The summed E-state index contributed by atoms with van der Waals surface area (Å²) in [6.07, 6.45) is 8.46. The summed E-state index contributed by atoms with van der Waals surface area (Å²) in [5, 5.41) is 0. The van der Waals surface area contributed by atoms with Gasteiger partial charge in [-0.15, -0.1) is 0 Å². The lowest BCUT2D eigenvalue weighted by molar-refractivity contribution is 0.288. The van der Waals surface area contributed by atoms with Gasteiger partial charge < -0.3 is 4.90 Å². The van der Waals surface area contributed by atoms with Crippen molar-refractivity contribution in [3.8, 4) is 0 Å². The average Bonchev–Trinajstić information content (AvgIpc) is 3.04. The molecule has 4 aliphatic rings. The minimum absolute atomic E-state index is 0.695. The Kier molecular flexibility index (Phi) is 5.04. The molecule has 0 N–H and O–H groups in total. The Morgan fingerprint density at radius 1 is 0.800 bits per heavy atom. The molecule has 0 amide bonds. The Morgan fingerprint density at radius 2 is 1.32 bits per heavy atom. The Labute approximate surface area is 154 Å². The molecule has 0 radical (unpaired) electrons. The number of hydrogen-bond acceptors (Lipinski definition) is 1. The molecule has 1 aliphatic heterocycles.